The summed E-state index contributed by atoms with van der Waals surface area (Å²) in [7, 11) is 1.66. The molecule has 0 fully saturated rings. The molecule has 0 radical (unpaired) electrons. The minimum absolute atomic E-state index is 0.0546. The maximum Gasteiger partial charge on any atom is 0.262 e. The Morgan fingerprint density at radius 3 is 2.67 bits per heavy atom. The van der Waals surface area contributed by atoms with Crippen LogP contribution in [0, 0.1) is 6.92 Å². The fourth-order valence-electron chi connectivity index (χ4n) is 3.40. The molecule has 0 saturated heterocycles. The molecule has 8 heteroatoms. The number of rotatable bonds is 9. The summed E-state index contributed by atoms with van der Waals surface area (Å²) in [6.07, 6.45) is 0.726. The van der Waals surface area contributed by atoms with E-state index in [1.807, 2.05) is 59.9 Å². The summed E-state index contributed by atoms with van der Waals surface area (Å²) in [4.78, 5) is 13.0. The smallest absolute Gasteiger partial charge is 0.262 e. The van der Waals surface area contributed by atoms with Crippen molar-refractivity contribution in [3.8, 4) is 5.75 Å². The molecule has 0 spiro atoms. The standard InChI is InChI=1S/C22H24N4O3S/c1-16-8-3-6-11-19(16)29-14-15-30-22-24-23-21-25(12-7-13-28-2)20(27)17-9-4-5-10-18(17)26(21)22/h3-6,8-11H,7,12-15H2,1-2H3. The molecule has 0 aliphatic rings. The van der Waals surface area contributed by atoms with Gasteiger partial charge in [0.25, 0.3) is 5.56 Å². The Bertz CT molecular complexity index is 1220. The van der Waals surface area contributed by atoms with Gasteiger partial charge in [0, 0.05) is 26.0 Å². The van der Waals surface area contributed by atoms with E-state index in [0.29, 0.717) is 36.7 Å². The molecule has 0 unspecified atom stereocenters. The normalized spacial score (nSPS) is 11.4. The Morgan fingerprint density at radius 1 is 1.03 bits per heavy atom. The molecule has 7 nitrogen and oxygen atoms in total. The van der Waals surface area contributed by atoms with Crippen molar-refractivity contribution in [3.05, 3.63) is 64.4 Å². The van der Waals surface area contributed by atoms with Crippen LogP contribution in [0.3, 0.4) is 0 Å². The summed E-state index contributed by atoms with van der Waals surface area (Å²) in [6, 6.07) is 15.5. The van der Waals surface area contributed by atoms with Crippen LogP contribution in [0.4, 0.5) is 0 Å². The van der Waals surface area contributed by atoms with Crippen LogP contribution in [-0.4, -0.2) is 45.2 Å². The monoisotopic (exact) mass is 424 g/mol. The number of hydrogen-bond acceptors (Lipinski definition) is 6. The predicted molar refractivity (Wildman–Crippen MR) is 119 cm³/mol. The first kappa shape index (κ1) is 20.4. The summed E-state index contributed by atoms with van der Waals surface area (Å²) in [5, 5.41) is 10.1. The van der Waals surface area contributed by atoms with Gasteiger partial charge in [-0.25, -0.2) is 0 Å². The Labute approximate surface area is 178 Å². The van der Waals surface area contributed by atoms with Gasteiger partial charge in [-0.2, -0.15) is 0 Å². The molecule has 156 valence electrons. The van der Waals surface area contributed by atoms with Gasteiger partial charge in [0.15, 0.2) is 5.16 Å². The molecule has 30 heavy (non-hydrogen) atoms. The van der Waals surface area contributed by atoms with E-state index in [1.165, 1.54) is 0 Å². The molecule has 0 aliphatic heterocycles. The van der Waals surface area contributed by atoms with Gasteiger partial charge in [-0.3, -0.25) is 13.8 Å². The average Bonchev–Trinajstić information content (AvgIpc) is 3.19. The van der Waals surface area contributed by atoms with Crippen molar-refractivity contribution in [1.29, 1.82) is 0 Å². The highest BCUT2D eigenvalue weighted by Crippen LogP contribution is 2.22. The number of nitrogens with zero attached hydrogens (tertiary/aromatic N) is 4. The zero-order valence-corrected chi connectivity index (χ0v) is 17.9. The molecular formula is C22H24N4O3S. The third-order valence-electron chi connectivity index (χ3n) is 4.87. The summed E-state index contributed by atoms with van der Waals surface area (Å²) in [6.45, 7) is 3.69. The number of methoxy groups -OCH3 is 1. The Morgan fingerprint density at radius 2 is 1.83 bits per heavy atom. The van der Waals surface area contributed by atoms with E-state index in [0.717, 1.165) is 28.4 Å². The Hall–Kier alpha value is -2.84. The van der Waals surface area contributed by atoms with Gasteiger partial charge >= 0.3 is 0 Å². The van der Waals surface area contributed by atoms with Crippen LogP contribution in [0.5, 0.6) is 5.75 Å². The van der Waals surface area contributed by atoms with Gasteiger partial charge in [0.05, 0.1) is 17.5 Å². The lowest BCUT2D eigenvalue weighted by Gasteiger charge is -2.11. The highest BCUT2D eigenvalue weighted by atomic mass is 32.2. The number of hydrogen-bond donors (Lipinski definition) is 0. The third kappa shape index (κ3) is 4.06. The quantitative estimate of drug-likeness (QED) is 0.302. The third-order valence-corrected chi connectivity index (χ3v) is 5.77. The second-order valence-corrected chi connectivity index (χ2v) is 7.96. The van der Waals surface area contributed by atoms with E-state index in [9.17, 15) is 4.79 Å². The second kappa shape index (κ2) is 9.32. The van der Waals surface area contributed by atoms with Crippen molar-refractivity contribution >= 4 is 28.4 Å². The number of ether oxygens (including phenoxy) is 2. The molecule has 2 aromatic carbocycles. The van der Waals surface area contributed by atoms with E-state index in [2.05, 4.69) is 10.2 Å². The van der Waals surface area contributed by atoms with Crippen LogP contribution < -0.4 is 10.3 Å². The molecule has 0 aliphatic carbocycles. The van der Waals surface area contributed by atoms with E-state index in [1.54, 1.807) is 23.4 Å². The van der Waals surface area contributed by atoms with Gasteiger partial charge in [-0.1, -0.05) is 42.1 Å². The molecule has 0 bridgehead atoms. The molecule has 2 heterocycles. The van der Waals surface area contributed by atoms with Crippen molar-refractivity contribution in [2.75, 3.05) is 26.1 Å². The molecule has 0 N–H and O–H groups in total. The Kier molecular flexibility index (Phi) is 6.35. The molecule has 0 saturated carbocycles. The molecule has 0 amide bonds. The Balaban J connectivity index is 1.61. The van der Waals surface area contributed by atoms with Crippen molar-refractivity contribution < 1.29 is 9.47 Å². The highest BCUT2D eigenvalue weighted by Gasteiger charge is 2.16. The number of para-hydroxylation sites is 2. The zero-order chi connectivity index (χ0) is 20.9. The van der Waals surface area contributed by atoms with E-state index in [4.69, 9.17) is 9.47 Å². The van der Waals surface area contributed by atoms with Crippen molar-refractivity contribution in [3.63, 3.8) is 0 Å². The van der Waals surface area contributed by atoms with Gasteiger partial charge in [0.2, 0.25) is 5.78 Å². The molecular weight excluding hydrogens is 400 g/mol. The fraction of sp³-hybridized carbons (Fsp3) is 0.318. The molecule has 4 aromatic rings. The predicted octanol–water partition coefficient (Wildman–Crippen LogP) is 3.56. The number of thioether (sulfide) groups is 1. The van der Waals surface area contributed by atoms with E-state index in [-0.39, 0.29) is 5.56 Å². The lowest BCUT2D eigenvalue weighted by Crippen LogP contribution is -2.24. The summed E-state index contributed by atoms with van der Waals surface area (Å²) in [5.41, 5.74) is 1.87. The first-order chi connectivity index (χ1) is 14.7. The number of benzene rings is 2. The van der Waals surface area contributed by atoms with Crippen LogP contribution in [-0.2, 0) is 11.3 Å². The molecule has 0 atom stereocenters. The van der Waals surface area contributed by atoms with Crippen molar-refractivity contribution in [2.24, 2.45) is 0 Å². The summed E-state index contributed by atoms with van der Waals surface area (Å²) in [5.74, 6) is 2.16. The topological polar surface area (TPSA) is 70.7 Å². The largest absolute Gasteiger partial charge is 0.492 e. The van der Waals surface area contributed by atoms with Crippen molar-refractivity contribution in [2.45, 2.75) is 25.0 Å². The van der Waals surface area contributed by atoms with E-state index < -0.39 is 0 Å². The van der Waals surface area contributed by atoms with Crippen LogP contribution in [0.25, 0.3) is 16.7 Å². The van der Waals surface area contributed by atoms with Crippen LogP contribution in [0.2, 0.25) is 0 Å². The average molecular weight is 425 g/mol. The maximum absolute atomic E-state index is 13.0. The van der Waals surface area contributed by atoms with Gasteiger partial charge < -0.3 is 9.47 Å². The zero-order valence-electron chi connectivity index (χ0n) is 17.1. The van der Waals surface area contributed by atoms with Gasteiger partial charge in [-0.15, -0.1) is 10.2 Å². The summed E-state index contributed by atoms with van der Waals surface area (Å²) >= 11 is 1.56. The van der Waals surface area contributed by atoms with Gasteiger partial charge in [-0.05, 0) is 37.1 Å². The number of aryl methyl sites for hydroxylation is 2. The van der Waals surface area contributed by atoms with Crippen LogP contribution in [0.1, 0.15) is 12.0 Å². The van der Waals surface area contributed by atoms with Crippen LogP contribution >= 0.6 is 11.8 Å². The first-order valence-electron chi connectivity index (χ1n) is 9.87. The van der Waals surface area contributed by atoms with Gasteiger partial charge in [0.1, 0.15) is 5.75 Å². The fourth-order valence-corrected chi connectivity index (χ4v) is 4.16. The minimum Gasteiger partial charge on any atom is -0.492 e. The summed E-state index contributed by atoms with van der Waals surface area (Å²) < 4.78 is 14.7. The maximum atomic E-state index is 13.0. The number of fused-ring (bicyclic) bond motifs is 3. The molecule has 4 rings (SSSR count). The van der Waals surface area contributed by atoms with Crippen molar-refractivity contribution in [1.82, 2.24) is 19.2 Å². The van der Waals surface area contributed by atoms with E-state index >= 15 is 0 Å². The highest BCUT2D eigenvalue weighted by molar-refractivity contribution is 7.99. The second-order valence-electron chi connectivity index (χ2n) is 6.90. The van der Waals surface area contributed by atoms with Crippen LogP contribution in [0.15, 0.2) is 58.5 Å². The SMILES string of the molecule is COCCCn1c(=O)c2ccccc2n2c(SCCOc3ccccc3C)nnc12. The first-order valence-corrected chi connectivity index (χ1v) is 10.9. The number of aromatic nitrogens is 4. The minimum atomic E-state index is -0.0546. The lowest BCUT2D eigenvalue weighted by atomic mass is 10.2. The molecule has 2 aromatic heterocycles. The lowest BCUT2D eigenvalue weighted by molar-refractivity contribution is 0.190.